The van der Waals surface area contributed by atoms with Gasteiger partial charge in [0, 0.05) is 18.8 Å². The van der Waals surface area contributed by atoms with Crippen molar-refractivity contribution in [3.05, 3.63) is 39.0 Å². The van der Waals surface area contributed by atoms with Crippen molar-refractivity contribution < 1.29 is 0 Å². The predicted octanol–water partition coefficient (Wildman–Crippen LogP) is 2.41. The van der Waals surface area contributed by atoms with Crippen molar-refractivity contribution in [1.82, 2.24) is 9.55 Å². The van der Waals surface area contributed by atoms with E-state index in [0.29, 0.717) is 4.77 Å². The third kappa shape index (κ3) is 2.65. The Bertz CT molecular complexity index is 484. The van der Waals surface area contributed by atoms with Gasteiger partial charge in [-0.3, -0.25) is 9.78 Å². The molecule has 0 bridgehead atoms. The monoisotopic (exact) mass is 222 g/mol. The van der Waals surface area contributed by atoms with Gasteiger partial charge in [0.05, 0.1) is 0 Å². The normalized spacial score (nSPS) is 15.3. The molecular weight excluding hydrogens is 208 g/mol. The third-order valence-corrected chi connectivity index (χ3v) is 3.04. The van der Waals surface area contributed by atoms with E-state index in [-0.39, 0.29) is 5.56 Å². The molecule has 0 atom stereocenters. The van der Waals surface area contributed by atoms with Crippen LogP contribution in [0.2, 0.25) is 0 Å². The average Bonchev–Trinajstić information content (AvgIpc) is 2.69. The number of H-pyrrole nitrogens is 1. The first-order valence-corrected chi connectivity index (χ1v) is 5.64. The molecule has 0 saturated heterocycles. The zero-order valence-electron chi connectivity index (χ0n) is 8.53. The molecular formula is C11H14N2OS. The van der Waals surface area contributed by atoms with E-state index in [1.54, 1.807) is 6.20 Å². The van der Waals surface area contributed by atoms with Gasteiger partial charge in [-0.2, -0.15) is 0 Å². The van der Waals surface area contributed by atoms with Crippen LogP contribution in [0.15, 0.2) is 28.7 Å². The van der Waals surface area contributed by atoms with E-state index in [4.69, 9.17) is 12.2 Å². The zero-order chi connectivity index (χ0) is 10.7. The Morgan fingerprint density at radius 1 is 1.53 bits per heavy atom. The summed E-state index contributed by atoms with van der Waals surface area (Å²) in [6.45, 7) is 0.863. The van der Waals surface area contributed by atoms with Crippen LogP contribution in [-0.2, 0) is 6.54 Å². The minimum Gasteiger partial charge on any atom is -0.325 e. The average molecular weight is 222 g/mol. The molecule has 1 aliphatic rings. The maximum atomic E-state index is 11.0. The van der Waals surface area contributed by atoms with Crippen molar-refractivity contribution in [3.8, 4) is 0 Å². The highest BCUT2D eigenvalue weighted by molar-refractivity contribution is 7.71. The SMILES string of the molecule is O=c1ccn(CCC2=CCCC2)c(=S)[nH]1. The largest absolute Gasteiger partial charge is 0.325 e. The molecule has 0 aromatic carbocycles. The lowest BCUT2D eigenvalue weighted by Gasteiger charge is -2.06. The summed E-state index contributed by atoms with van der Waals surface area (Å²) < 4.78 is 2.43. The van der Waals surface area contributed by atoms with Crippen LogP contribution in [0.3, 0.4) is 0 Å². The summed E-state index contributed by atoms with van der Waals surface area (Å²) in [6.07, 6.45) is 8.84. The summed E-state index contributed by atoms with van der Waals surface area (Å²) in [7, 11) is 0. The first-order valence-electron chi connectivity index (χ1n) is 5.23. The highest BCUT2D eigenvalue weighted by atomic mass is 32.1. The number of aromatic amines is 1. The summed E-state index contributed by atoms with van der Waals surface area (Å²) in [6, 6.07) is 1.51. The first-order chi connectivity index (χ1) is 7.25. The van der Waals surface area contributed by atoms with E-state index in [1.165, 1.54) is 30.9 Å². The maximum Gasteiger partial charge on any atom is 0.251 e. The van der Waals surface area contributed by atoms with Gasteiger partial charge < -0.3 is 4.57 Å². The molecule has 0 amide bonds. The number of hydrogen-bond donors (Lipinski definition) is 1. The molecule has 0 fully saturated rings. The van der Waals surface area contributed by atoms with Gasteiger partial charge >= 0.3 is 0 Å². The Labute approximate surface area is 93.5 Å². The van der Waals surface area contributed by atoms with E-state index >= 15 is 0 Å². The van der Waals surface area contributed by atoms with Gasteiger partial charge in [0.15, 0.2) is 4.77 Å². The minimum atomic E-state index is -0.128. The van der Waals surface area contributed by atoms with Gasteiger partial charge in [-0.05, 0) is 37.9 Å². The van der Waals surface area contributed by atoms with Gasteiger partial charge in [-0.1, -0.05) is 11.6 Å². The second kappa shape index (κ2) is 4.57. The van der Waals surface area contributed by atoms with Crippen LogP contribution >= 0.6 is 12.2 Å². The quantitative estimate of drug-likeness (QED) is 0.630. The van der Waals surface area contributed by atoms with Gasteiger partial charge in [0.25, 0.3) is 5.56 Å². The van der Waals surface area contributed by atoms with Crippen LogP contribution in [0.25, 0.3) is 0 Å². The number of allylic oxidation sites excluding steroid dienone is 2. The number of hydrogen-bond acceptors (Lipinski definition) is 2. The second-order valence-electron chi connectivity index (χ2n) is 3.81. The summed E-state index contributed by atoms with van der Waals surface area (Å²) in [4.78, 5) is 13.6. The Hall–Kier alpha value is -1.16. The molecule has 1 heterocycles. The van der Waals surface area contributed by atoms with Crippen LogP contribution in [-0.4, -0.2) is 9.55 Å². The van der Waals surface area contributed by atoms with Gasteiger partial charge in [0.1, 0.15) is 0 Å². The topological polar surface area (TPSA) is 37.8 Å². The van der Waals surface area contributed by atoms with Crippen LogP contribution in [0.1, 0.15) is 25.7 Å². The minimum absolute atomic E-state index is 0.128. The zero-order valence-corrected chi connectivity index (χ0v) is 9.35. The van der Waals surface area contributed by atoms with Crippen molar-refractivity contribution in [2.75, 3.05) is 0 Å². The molecule has 0 unspecified atom stereocenters. The summed E-state index contributed by atoms with van der Waals surface area (Å²) >= 11 is 5.07. The van der Waals surface area contributed by atoms with Crippen molar-refractivity contribution in [2.24, 2.45) is 0 Å². The standard InChI is InChI=1S/C11H14N2OS/c14-10-6-8-13(11(15)12-10)7-5-9-3-1-2-4-9/h3,6,8H,1-2,4-5,7H2,(H,12,14,15). The highest BCUT2D eigenvalue weighted by Gasteiger charge is 2.04. The lowest BCUT2D eigenvalue weighted by atomic mass is 10.2. The van der Waals surface area contributed by atoms with E-state index in [2.05, 4.69) is 11.1 Å². The molecule has 15 heavy (non-hydrogen) atoms. The first kappa shape index (κ1) is 10.4. The molecule has 0 aliphatic heterocycles. The molecule has 0 radical (unpaired) electrons. The van der Waals surface area contributed by atoms with E-state index in [0.717, 1.165) is 13.0 Å². The van der Waals surface area contributed by atoms with E-state index in [9.17, 15) is 4.79 Å². The second-order valence-corrected chi connectivity index (χ2v) is 4.19. The van der Waals surface area contributed by atoms with E-state index in [1.807, 2.05) is 4.57 Å². The number of nitrogens with zero attached hydrogens (tertiary/aromatic N) is 1. The van der Waals surface area contributed by atoms with Gasteiger partial charge in [-0.25, -0.2) is 0 Å². The molecule has 80 valence electrons. The Kier molecular flexibility index (Phi) is 3.16. The molecule has 1 aliphatic carbocycles. The molecule has 0 saturated carbocycles. The number of rotatable bonds is 3. The van der Waals surface area contributed by atoms with Gasteiger partial charge in [0.2, 0.25) is 0 Å². The Balaban J connectivity index is 2.05. The van der Waals surface area contributed by atoms with Crippen molar-refractivity contribution in [2.45, 2.75) is 32.2 Å². The lowest BCUT2D eigenvalue weighted by Crippen LogP contribution is -2.11. The predicted molar refractivity (Wildman–Crippen MR) is 62.4 cm³/mol. The van der Waals surface area contributed by atoms with Gasteiger partial charge in [-0.15, -0.1) is 0 Å². The fourth-order valence-electron chi connectivity index (χ4n) is 1.85. The molecule has 1 aromatic heterocycles. The smallest absolute Gasteiger partial charge is 0.251 e. The lowest BCUT2D eigenvalue weighted by molar-refractivity contribution is 0.650. The molecule has 3 nitrogen and oxygen atoms in total. The molecule has 4 heteroatoms. The Morgan fingerprint density at radius 2 is 2.40 bits per heavy atom. The molecule has 2 rings (SSSR count). The number of aromatic nitrogens is 2. The fourth-order valence-corrected chi connectivity index (χ4v) is 2.10. The number of nitrogens with one attached hydrogen (secondary N) is 1. The maximum absolute atomic E-state index is 11.0. The van der Waals surface area contributed by atoms with Crippen LogP contribution < -0.4 is 5.56 Å². The van der Waals surface area contributed by atoms with E-state index < -0.39 is 0 Å². The van der Waals surface area contributed by atoms with Crippen molar-refractivity contribution >= 4 is 12.2 Å². The number of aryl methyl sites for hydroxylation is 1. The fraction of sp³-hybridized carbons (Fsp3) is 0.455. The Morgan fingerprint density at radius 3 is 3.07 bits per heavy atom. The van der Waals surface area contributed by atoms with Crippen molar-refractivity contribution in [1.29, 1.82) is 0 Å². The summed E-state index contributed by atoms with van der Waals surface area (Å²) in [5, 5.41) is 0. The molecule has 0 spiro atoms. The van der Waals surface area contributed by atoms with Crippen LogP contribution in [0.4, 0.5) is 0 Å². The highest BCUT2D eigenvalue weighted by Crippen LogP contribution is 2.20. The third-order valence-electron chi connectivity index (χ3n) is 2.71. The van der Waals surface area contributed by atoms with Crippen LogP contribution in [0, 0.1) is 4.77 Å². The van der Waals surface area contributed by atoms with Crippen molar-refractivity contribution in [3.63, 3.8) is 0 Å². The summed E-state index contributed by atoms with van der Waals surface area (Å²) in [5.41, 5.74) is 1.39. The molecule has 1 aromatic rings. The van der Waals surface area contributed by atoms with Crippen LogP contribution in [0.5, 0.6) is 0 Å². The summed E-state index contributed by atoms with van der Waals surface area (Å²) in [5.74, 6) is 0. The molecule has 1 N–H and O–H groups in total.